The number of halogens is 2. The van der Waals surface area contributed by atoms with Crippen LogP contribution in [0.4, 0.5) is 5.69 Å². The van der Waals surface area contributed by atoms with Crippen LogP contribution in [0.5, 0.6) is 0 Å². The molecule has 0 amide bonds. The standard InChI is InChI=1S/C9H5BrN2.C8H7BrN2.CH4/c10-9-6(5-11)1-2-8-7(9)3-4-12-8;9-8-5-3-4-11-7(5)2-1-6(8)10;/h1-4,12H;1-4,11H,10H2;1H4. The van der Waals surface area contributed by atoms with Crippen LogP contribution >= 0.6 is 31.9 Å². The SMILES string of the molecule is C.N#Cc1ccc2[nH]ccc2c1Br.Nc1ccc2[nH]ccc2c1Br. The Bertz CT molecular complexity index is 1020. The first-order valence-electron chi connectivity index (χ1n) is 6.78. The van der Waals surface area contributed by atoms with Crippen molar-refractivity contribution in [2.24, 2.45) is 0 Å². The Labute approximate surface area is 156 Å². The minimum atomic E-state index is 0. The summed E-state index contributed by atoms with van der Waals surface area (Å²) in [5.41, 5.74) is 9.27. The molecule has 4 nitrogen and oxygen atoms in total. The van der Waals surface area contributed by atoms with E-state index in [1.807, 2.05) is 42.7 Å². The number of H-pyrrole nitrogens is 2. The smallest absolute Gasteiger partial charge is 0.100 e. The van der Waals surface area contributed by atoms with Gasteiger partial charge in [0.2, 0.25) is 0 Å². The highest BCUT2D eigenvalue weighted by Crippen LogP contribution is 2.28. The number of nitrogens with zero attached hydrogens (tertiary/aromatic N) is 1. The molecule has 2 heterocycles. The summed E-state index contributed by atoms with van der Waals surface area (Å²) in [6.07, 6.45) is 3.76. The van der Waals surface area contributed by atoms with Gasteiger partial charge in [0.1, 0.15) is 6.07 Å². The number of anilines is 1. The van der Waals surface area contributed by atoms with Gasteiger partial charge in [0.25, 0.3) is 0 Å². The number of hydrogen-bond acceptors (Lipinski definition) is 2. The van der Waals surface area contributed by atoms with Crippen molar-refractivity contribution < 1.29 is 0 Å². The maximum absolute atomic E-state index is 8.73. The fourth-order valence-corrected chi connectivity index (χ4v) is 3.34. The van der Waals surface area contributed by atoms with Crippen LogP contribution in [-0.4, -0.2) is 9.97 Å². The van der Waals surface area contributed by atoms with E-state index in [-0.39, 0.29) is 7.43 Å². The van der Waals surface area contributed by atoms with E-state index in [0.717, 1.165) is 36.4 Å². The molecule has 0 unspecified atom stereocenters. The second-order valence-electron chi connectivity index (χ2n) is 4.89. The molecule has 0 aliphatic rings. The van der Waals surface area contributed by atoms with Gasteiger partial charge in [-0.2, -0.15) is 5.26 Å². The van der Waals surface area contributed by atoms with E-state index in [0.29, 0.717) is 5.56 Å². The molecule has 4 aromatic rings. The Morgan fingerprint density at radius 2 is 1.38 bits per heavy atom. The zero-order valence-corrected chi connectivity index (χ0v) is 15.1. The third-order valence-electron chi connectivity index (χ3n) is 3.49. The summed E-state index contributed by atoms with van der Waals surface area (Å²) >= 11 is 6.79. The second-order valence-corrected chi connectivity index (χ2v) is 6.47. The predicted octanol–water partition coefficient (Wildman–Crippen LogP) is 5.95. The molecule has 122 valence electrons. The maximum atomic E-state index is 8.73. The van der Waals surface area contributed by atoms with Crippen LogP contribution in [0.1, 0.15) is 13.0 Å². The summed E-state index contributed by atoms with van der Waals surface area (Å²) in [4.78, 5) is 6.17. The van der Waals surface area contributed by atoms with Gasteiger partial charge in [-0.15, -0.1) is 0 Å². The van der Waals surface area contributed by atoms with Gasteiger partial charge in [0, 0.05) is 48.8 Å². The Morgan fingerprint density at radius 3 is 1.96 bits per heavy atom. The number of nitrogens with two attached hydrogens (primary N) is 1. The molecule has 2 aromatic heterocycles. The summed E-state index contributed by atoms with van der Waals surface area (Å²) in [6.45, 7) is 0. The van der Waals surface area contributed by atoms with Crippen molar-refractivity contribution in [3.8, 4) is 6.07 Å². The molecule has 0 aliphatic carbocycles. The van der Waals surface area contributed by atoms with E-state index in [1.54, 1.807) is 6.07 Å². The molecule has 0 bridgehead atoms. The van der Waals surface area contributed by atoms with Gasteiger partial charge < -0.3 is 15.7 Å². The summed E-state index contributed by atoms with van der Waals surface area (Å²) in [6, 6.07) is 13.6. The summed E-state index contributed by atoms with van der Waals surface area (Å²) < 4.78 is 1.83. The van der Waals surface area contributed by atoms with E-state index in [2.05, 4.69) is 47.9 Å². The monoisotopic (exact) mass is 446 g/mol. The van der Waals surface area contributed by atoms with E-state index < -0.39 is 0 Å². The molecule has 4 N–H and O–H groups in total. The van der Waals surface area contributed by atoms with E-state index >= 15 is 0 Å². The van der Waals surface area contributed by atoms with E-state index in [1.165, 1.54) is 0 Å². The first kappa shape index (κ1) is 18.1. The highest BCUT2D eigenvalue weighted by molar-refractivity contribution is 9.11. The molecule has 4 rings (SSSR count). The van der Waals surface area contributed by atoms with Crippen LogP contribution in [0.15, 0.2) is 57.7 Å². The van der Waals surface area contributed by atoms with Gasteiger partial charge in [-0.1, -0.05) is 7.43 Å². The Kier molecular flexibility index (Phi) is 5.71. The average molecular weight is 448 g/mol. The first-order valence-corrected chi connectivity index (χ1v) is 8.37. The molecule has 24 heavy (non-hydrogen) atoms. The molecular weight excluding hydrogens is 432 g/mol. The maximum Gasteiger partial charge on any atom is 0.100 e. The molecular formula is C18H16Br2N4. The molecule has 0 saturated carbocycles. The molecule has 6 heteroatoms. The average Bonchev–Trinajstić information content (AvgIpc) is 3.21. The zero-order valence-electron chi connectivity index (χ0n) is 11.9. The number of nitrogens with one attached hydrogen (secondary N) is 2. The fourth-order valence-electron chi connectivity index (χ4n) is 2.30. The lowest BCUT2D eigenvalue weighted by molar-refractivity contribution is 1.46. The summed E-state index contributed by atoms with van der Waals surface area (Å²) in [5.74, 6) is 0. The van der Waals surface area contributed by atoms with Crippen LogP contribution in [0.2, 0.25) is 0 Å². The molecule has 2 aromatic carbocycles. The Balaban J connectivity index is 0.000000167. The van der Waals surface area contributed by atoms with Crippen LogP contribution in [-0.2, 0) is 0 Å². The first-order chi connectivity index (χ1) is 11.1. The number of nitrogen functional groups attached to an aromatic ring is 1. The lowest BCUT2D eigenvalue weighted by Gasteiger charge is -1.97. The highest BCUT2D eigenvalue weighted by Gasteiger charge is 2.04. The number of aromatic amines is 2. The largest absolute Gasteiger partial charge is 0.398 e. The number of nitriles is 1. The fraction of sp³-hybridized carbons (Fsp3) is 0.0556. The van der Waals surface area contributed by atoms with Crippen LogP contribution in [0.25, 0.3) is 21.8 Å². The van der Waals surface area contributed by atoms with Crippen molar-refractivity contribution >= 4 is 59.4 Å². The minimum Gasteiger partial charge on any atom is -0.398 e. The zero-order chi connectivity index (χ0) is 16.4. The van der Waals surface area contributed by atoms with Gasteiger partial charge >= 0.3 is 0 Å². The molecule has 0 radical (unpaired) electrons. The molecule has 0 atom stereocenters. The van der Waals surface area contributed by atoms with Gasteiger partial charge in [-0.05, 0) is 68.3 Å². The van der Waals surface area contributed by atoms with E-state index in [4.69, 9.17) is 11.0 Å². The number of rotatable bonds is 0. The number of aromatic nitrogens is 2. The van der Waals surface area contributed by atoms with Crippen molar-refractivity contribution in [1.82, 2.24) is 9.97 Å². The molecule has 0 saturated heterocycles. The van der Waals surface area contributed by atoms with Crippen molar-refractivity contribution in [3.63, 3.8) is 0 Å². The third kappa shape index (κ3) is 3.32. The third-order valence-corrected chi connectivity index (χ3v) is 5.23. The topological polar surface area (TPSA) is 81.4 Å². The number of fused-ring (bicyclic) bond motifs is 2. The van der Waals surface area contributed by atoms with Crippen LogP contribution < -0.4 is 5.73 Å². The predicted molar refractivity (Wildman–Crippen MR) is 108 cm³/mol. The van der Waals surface area contributed by atoms with Gasteiger partial charge in [0.15, 0.2) is 0 Å². The van der Waals surface area contributed by atoms with Crippen LogP contribution in [0.3, 0.4) is 0 Å². The van der Waals surface area contributed by atoms with E-state index in [9.17, 15) is 0 Å². The van der Waals surface area contributed by atoms with Crippen molar-refractivity contribution in [2.45, 2.75) is 7.43 Å². The second kappa shape index (κ2) is 7.56. The normalized spacial score (nSPS) is 9.88. The van der Waals surface area contributed by atoms with Gasteiger partial charge in [-0.3, -0.25) is 0 Å². The number of benzene rings is 2. The van der Waals surface area contributed by atoms with Crippen LogP contribution in [0, 0.1) is 11.3 Å². The Morgan fingerprint density at radius 1 is 0.833 bits per heavy atom. The lowest BCUT2D eigenvalue weighted by atomic mass is 10.2. The quantitative estimate of drug-likeness (QED) is 0.291. The number of hydrogen-bond donors (Lipinski definition) is 3. The van der Waals surface area contributed by atoms with Gasteiger partial charge in [0.05, 0.1) is 5.56 Å². The minimum absolute atomic E-state index is 0. The summed E-state index contributed by atoms with van der Waals surface area (Å²) in [5, 5.41) is 10.9. The van der Waals surface area contributed by atoms with Crippen molar-refractivity contribution in [2.75, 3.05) is 5.73 Å². The summed E-state index contributed by atoms with van der Waals surface area (Å²) in [7, 11) is 0. The Hall–Kier alpha value is -2.23. The molecule has 0 fully saturated rings. The molecule has 0 aliphatic heterocycles. The van der Waals surface area contributed by atoms with Crippen molar-refractivity contribution in [3.05, 3.63) is 63.3 Å². The highest BCUT2D eigenvalue weighted by atomic mass is 79.9. The molecule has 0 spiro atoms. The van der Waals surface area contributed by atoms with Gasteiger partial charge in [-0.25, -0.2) is 0 Å². The lowest BCUT2D eigenvalue weighted by Crippen LogP contribution is -1.85. The van der Waals surface area contributed by atoms with Crippen molar-refractivity contribution in [1.29, 1.82) is 5.26 Å².